The zero-order valence-corrected chi connectivity index (χ0v) is 25.5. The number of nitrogens with one attached hydrogen (secondary N) is 1. The Bertz CT molecular complexity index is 1650. The molecule has 0 aliphatic carbocycles. The van der Waals surface area contributed by atoms with E-state index in [1.165, 1.54) is 41.3 Å². The summed E-state index contributed by atoms with van der Waals surface area (Å²) in [5, 5.41) is 3.15. The van der Waals surface area contributed by atoms with E-state index >= 15 is 0 Å². The Morgan fingerprint density at radius 3 is 2.12 bits per heavy atom. The Kier molecular flexibility index (Phi) is 10.6. The van der Waals surface area contributed by atoms with Crippen molar-refractivity contribution in [1.29, 1.82) is 0 Å². The largest absolute Gasteiger partial charge is 0.355 e. The number of carbonyl (C=O) groups excluding carboxylic acids is 2. The van der Waals surface area contributed by atoms with Crippen LogP contribution in [0.2, 0.25) is 5.02 Å². The molecular formula is C33H33ClFN3O4S. The smallest absolute Gasteiger partial charge is 0.264 e. The van der Waals surface area contributed by atoms with Gasteiger partial charge >= 0.3 is 0 Å². The molecule has 0 heterocycles. The molecule has 224 valence electrons. The molecule has 4 aromatic carbocycles. The van der Waals surface area contributed by atoms with Gasteiger partial charge in [-0.3, -0.25) is 13.9 Å². The Balaban J connectivity index is 1.81. The number of amides is 2. The van der Waals surface area contributed by atoms with E-state index in [1.807, 2.05) is 30.3 Å². The van der Waals surface area contributed by atoms with Crippen molar-refractivity contribution >= 4 is 39.1 Å². The molecule has 0 aromatic heterocycles. The minimum Gasteiger partial charge on any atom is -0.355 e. The normalized spacial score (nSPS) is 11.9. The molecular weight excluding hydrogens is 589 g/mol. The van der Waals surface area contributed by atoms with E-state index in [2.05, 4.69) is 5.32 Å². The third kappa shape index (κ3) is 7.80. The quantitative estimate of drug-likeness (QED) is 0.218. The summed E-state index contributed by atoms with van der Waals surface area (Å²) in [5.74, 6) is -1.45. The second-order valence-electron chi connectivity index (χ2n) is 9.96. The average Bonchev–Trinajstić information content (AvgIpc) is 3.01. The van der Waals surface area contributed by atoms with Crippen molar-refractivity contribution in [2.45, 2.75) is 37.8 Å². The number of hydrogen-bond donors (Lipinski definition) is 1. The average molecular weight is 622 g/mol. The summed E-state index contributed by atoms with van der Waals surface area (Å²) >= 11 is 6.39. The maximum atomic E-state index is 14.3. The maximum absolute atomic E-state index is 14.3. The highest BCUT2D eigenvalue weighted by atomic mass is 35.5. The summed E-state index contributed by atoms with van der Waals surface area (Å²) in [5.41, 5.74) is 2.11. The van der Waals surface area contributed by atoms with Gasteiger partial charge in [-0.05, 0) is 66.9 Å². The predicted molar refractivity (Wildman–Crippen MR) is 167 cm³/mol. The van der Waals surface area contributed by atoms with Crippen molar-refractivity contribution in [2.75, 3.05) is 17.4 Å². The third-order valence-electron chi connectivity index (χ3n) is 7.01. The first-order valence-corrected chi connectivity index (χ1v) is 15.6. The van der Waals surface area contributed by atoms with Crippen LogP contribution in [-0.4, -0.2) is 44.3 Å². The van der Waals surface area contributed by atoms with Crippen LogP contribution >= 0.6 is 11.6 Å². The van der Waals surface area contributed by atoms with Crippen molar-refractivity contribution in [2.24, 2.45) is 0 Å². The zero-order valence-electron chi connectivity index (χ0n) is 23.9. The van der Waals surface area contributed by atoms with Gasteiger partial charge in [0.25, 0.3) is 10.0 Å². The van der Waals surface area contributed by atoms with Gasteiger partial charge < -0.3 is 10.2 Å². The van der Waals surface area contributed by atoms with Crippen LogP contribution in [0.4, 0.5) is 10.1 Å². The Hall–Kier alpha value is -4.21. The Morgan fingerprint density at radius 2 is 1.49 bits per heavy atom. The minimum atomic E-state index is -4.24. The van der Waals surface area contributed by atoms with Crippen LogP contribution in [0.3, 0.4) is 0 Å². The third-order valence-corrected chi connectivity index (χ3v) is 9.19. The second-order valence-corrected chi connectivity index (χ2v) is 12.2. The van der Waals surface area contributed by atoms with Crippen LogP contribution in [-0.2, 0) is 32.6 Å². The lowest BCUT2D eigenvalue weighted by atomic mass is 10.0. The SMILES string of the molecule is CCNC(=O)C(Cc1ccccc1)N(Cc1ccc(F)cc1)C(=O)CN(c1cccc(Cl)c1C)S(=O)(=O)c1ccccc1. The van der Waals surface area contributed by atoms with Gasteiger partial charge in [-0.25, -0.2) is 12.8 Å². The first-order chi connectivity index (χ1) is 20.6. The van der Waals surface area contributed by atoms with Crippen molar-refractivity contribution in [3.8, 4) is 0 Å². The standard InChI is InChI=1S/C33H33ClFN3O4S/c1-3-36-33(40)31(21-25-11-6-4-7-12-25)37(22-26-17-19-27(35)20-18-26)32(39)23-38(30-16-10-15-29(34)24(30)2)43(41,42)28-13-8-5-9-14-28/h4-20,31H,3,21-23H2,1-2H3,(H,36,40). The van der Waals surface area contributed by atoms with Gasteiger partial charge in [-0.1, -0.05) is 78.3 Å². The monoisotopic (exact) mass is 621 g/mol. The first kappa shape index (κ1) is 31.7. The molecule has 1 N–H and O–H groups in total. The van der Waals surface area contributed by atoms with Crippen LogP contribution in [0, 0.1) is 12.7 Å². The van der Waals surface area contributed by atoms with E-state index in [4.69, 9.17) is 11.6 Å². The van der Waals surface area contributed by atoms with Crippen molar-refractivity contribution < 1.29 is 22.4 Å². The van der Waals surface area contributed by atoms with Gasteiger partial charge in [0.05, 0.1) is 10.6 Å². The van der Waals surface area contributed by atoms with Crippen molar-refractivity contribution in [3.63, 3.8) is 0 Å². The number of likely N-dealkylation sites (N-methyl/N-ethyl adjacent to an activating group) is 1. The zero-order chi connectivity index (χ0) is 31.0. The van der Waals surface area contributed by atoms with E-state index in [-0.39, 0.29) is 23.5 Å². The molecule has 4 rings (SSSR count). The molecule has 0 bridgehead atoms. The van der Waals surface area contributed by atoms with Crippen LogP contribution in [0.15, 0.2) is 108 Å². The molecule has 0 saturated carbocycles. The minimum absolute atomic E-state index is 0.00294. The van der Waals surface area contributed by atoms with Gasteiger partial charge in [0.1, 0.15) is 18.4 Å². The van der Waals surface area contributed by atoms with E-state index in [1.54, 1.807) is 50.2 Å². The number of carbonyl (C=O) groups is 2. The van der Waals surface area contributed by atoms with Crippen LogP contribution in [0.25, 0.3) is 0 Å². The molecule has 2 amide bonds. The highest BCUT2D eigenvalue weighted by Crippen LogP contribution is 2.31. The highest BCUT2D eigenvalue weighted by Gasteiger charge is 2.35. The molecule has 4 aromatic rings. The second kappa shape index (κ2) is 14.3. The van der Waals surface area contributed by atoms with Gasteiger partial charge in [0.15, 0.2) is 0 Å². The Labute approximate surface area is 257 Å². The highest BCUT2D eigenvalue weighted by molar-refractivity contribution is 7.92. The number of anilines is 1. The number of benzene rings is 4. The van der Waals surface area contributed by atoms with Crippen LogP contribution < -0.4 is 9.62 Å². The number of hydrogen-bond acceptors (Lipinski definition) is 4. The van der Waals surface area contributed by atoms with E-state index in [0.29, 0.717) is 22.7 Å². The molecule has 1 unspecified atom stereocenters. The number of sulfonamides is 1. The topological polar surface area (TPSA) is 86.8 Å². The van der Waals surface area contributed by atoms with Crippen LogP contribution in [0.5, 0.6) is 0 Å². The number of rotatable bonds is 12. The van der Waals surface area contributed by atoms with Crippen molar-refractivity contribution in [3.05, 3.63) is 131 Å². The molecule has 7 nitrogen and oxygen atoms in total. The number of halogens is 2. The lowest BCUT2D eigenvalue weighted by Gasteiger charge is -2.34. The Morgan fingerprint density at radius 1 is 0.860 bits per heavy atom. The molecule has 0 aliphatic heterocycles. The molecule has 0 saturated heterocycles. The van der Waals surface area contributed by atoms with Gasteiger partial charge in [0.2, 0.25) is 11.8 Å². The molecule has 0 spiro atoms. The van der Waals surface area contributed by atoms with Gasteiger partial charge in [-0.15, -0.1) is 0 Å². The fourth-order valence-electron chi connectivity index (χ4n) is 4.73. The van der Waals surface area contributed by atoms with Gasteiger partial charge in [-0.2, -0.15) is 0 Å². The first-order valence-electron chi connectivity index (χ1n) is 13.8. The molecule has 43 heavy (non-hydrogen) atoms. The van der Waals surface area contributed by atoms with Crippen molar-refractivity contribution in [1.82, 2.24) is 10.2 Å². The molecule has 0 radical (unpaired) electrons. The summed E-state index contributed by atoms with van der Waals surface area (Å²) in [7, 11) is -4.24. The number of nitrogens with zero attached hydrogens (tertiary/aromatic N) is 2. The van der Waals surface area contributed by atoms with Gasteiger partial charge in [0, 0.05) is 24.5 Å². The summed E-state index contributed by atoms with van der Waals surface area (Å²) in [6, 6.07) is 26.5. The molecule has 0 fully saturated rings. The summed E-state index contributed by atoms with van der Waals surface area (Å²) in [6.07, 6.45) is 0.182. The van der Waals surface area contributed by atoms with E-state index < -0.39 is 40.2 Å². The van der Waals surface area contributed by atoms with E-state index in [9.17, 15) is 22.4 Å². The summed E-state index contributed by atoms with van der Waals surface area (Å²) < 4.78 is 42.9. The molecule has 10 heteroatoms. The van der Waals surface area contributed by atoms with E-state index in [0.717, 1.165) is 9.87 Å². The fourth-order valence-corrected chi connectivity index (χ4v) is 6.39. The lowest BCUT2D eigenvalue weighted by molar-refractivity contribution is -0.140. The summed E-state index contributed by atoms with van der Waals surface area (Å²) in [4.78, 5) is 29.2. The summed E-state index contributed by atoms with van der Waals surface area (Å²) in [6.45, 7) is 3.13. The maximum Gasteiger partial charge on any atom is 0.264 e. The molecule has 0 aliphatic rings. The van der Waals surface area contributed by atoms with Crippen LogP contribution in [0.1, 0.15) is 23.6 Å². The lowest BCUT2D eigenvalue weighted by Crippen LogP contribution is -2.53. The molecule has 1 atom stereocenters. The predicted octanol–water partition coefficient (Wildman–Crippen LogP) is 5.76. The fraction of sp³-hybridized carbons (Fsp3) is 0.212.